The van der Waals surface area contributed by atoms with Gasteiger partial charge in [0, 0.05) is 36.1 Å². The summed E-state index contributed by atoms with van der Waals surface area (Å²) in [4.78, 5) is 5.71. The van der Waals surface area contributed by atoms with Gasteiger partial charge in [0.2, 0.25) is 0 Å². The Bertz CT molecular complexity index is 1100. The van der Waals surface area contributed by atoms with Crippen LogP contribution in [-0.4, -0.2) is 72.7 Å². The normalized spacial score (nSPS) is 17.2. The Balaban J connectivity index is 0.000000289. The summed E-state index contributed by atoms with van der Waals surface area (Å²) in [6, 6.07) is 2.60. The average molecular weight is 481 g/mol. The van der Waals surface area contributed by atoms with Crippen LogP contribution in [-0.2, 0) is 33.6 Å². The van der Waals surface area contributed by atoms with Gasteiger partial charge in [0.05, 0.1) is 14.2 Å². The molecule has 1 atom stereocenters. The van der Waals surface area contributed by atoms with Crippen molar-refractivity contribution in [3.63, 3.8) is 0 Å². The minimum atomic E-state index is -4.67. The van der Waals surface area contributed by atoms with E-state index in [2.05, 4.69) is 35.4 Å². The average Bonchev–Trinajstić information content (AvgIpc) is 3.09. The maximum Gasteiger partial charge on any atom is 0.394 e. The summed E-state index contributed by atoms with van der Waals surface area (Å²) in [6.07, 6.45) is 6.32. The van der Waals surface area contributed by atoms with Gasteiger partial charge >= 0.3 is 20.8 Å². The fourth-order valence-corrected chi connectivity index (χ4v) is 3.85. The lowest BCUT2D eigenvalue weighted by Crippen LogP contribution is -2.35. The van der Waals surface area contributed by atoms with Gasteiger partial charge in [0.1, 0.15) is 0 Å². The zero-order valence-electron chi connectivity index (χ0n) is 16.9. The minimum absolute atomic E-state index is 0.437. The molecule has 5 N–H and O–H groups in total. The molecule has 0 bridgehead atoms. The van der Waals surface area contributed by atoms with E-state index in [-0.39, 0.29) is 0 Å². The monoisotopic (exact) mass is 480 g/mol. The molecule has 1 aliphatic carbocycles. The van der Waals surface area contributed by atoms with Crippen molar-refractivity contribution < 1.29 is 44.5 Å². The van der Waals surface area contributed by atoms with Gasteiger partial charge in [-0.05, 0) is 42.6 Å². The summed E-state index contributed by atoms with van der Waals surface area (Å²) in [5.74, 6) is 1.70. The molecule has 0 fully saturated rings. The highest BCUT2D eigenvalue weighted by molar-refractivity contribution is 7.80. The molecule has 174 valence electrons. The van der Waals surface area contributed by atoms with Crippen molar-refractivity contribution in [1.82, 2.24) is 9.88 Å². The van der Waals surface area contributed by atoms with E-state index in [1.54, 1.807) is 14.2 Å². The van der Waals surface area contributed by atoms with Crippen LogP contribution in [0.5, 0.6) is 11.5 Å². The molecule has 4 rings (SSSR count). The van der Waals surface area contributed by atoms with Crippen molar-refractivity contribution in [3.8, 4) is 22.6 Å². The Morgan fingerprint density at radius 1 is 1.00 bits per heavy atom. The van der Waals surface area contributed by atoms with E-state index in [1.807, 2.05) is 0 Å². The topological polar surface area (TPSA) is 187 Å². The zero-order valence-corrected chi connectivity index (χ0v) is 18.6. The first-order valence-electron chi connectivity index (χ1n) is 8.78. The first-order valence-corrected chi connectivity index (χ1v) is 11.6. The van der Waals surface area contributed by atoms with Gasteiger partial charge in [-0.25, -0.2) is 0 Å². The van der Waals surface area contributed by atoms with Crippen LogP contribution >= 0.6 is 0 Å². The molecular weight excluding hydrogens is 456 g/mol. The second kappa shape index (κ2) is 9.52. The quantitative estimate of drug-likeness (QED) is 0.392. The maximum absolute atomic E-state index is 8.74. The number of nitrogens with zero attached hydrogens (tertiary/aromatic N) is 1. The zero-order chi connectivity index (χ0) is 23.6. The van der Waals surface area contributed by atoms with Crippen molar-refractivity contribution in [2.75, 3.05) is 27.8 Å². The third-order valence-electron chi connectivity index (χ3n) is 4.91. The van der Waals surface area contributed by atoms with Crippen LogP contribution in [0.3, 0.4) is 0 Å². The number of rotatable bonds is 2. The van der Waals surface area contributed by atoms with E-state index in [1.165, 1.54) is 27.8 Å². The van der Waals surface area contributed by atoms with Crippen molar-refractivity contribution in [2.24, 2.45) is 0 Å². The number of methoxy groups -OCH3 is 2. The van der Waals surface area contributed by atoms with Gasteiger partial charge in [0.25, 0.3) is 0 Å². The van der Waals surface area contributed by atoms with E-state index in [9.17, 15) is 0 Å². The highest BCUT2D eigenvalue weighted by Crippen LogP contribution is 2.52. The fraction of sp³-hybridized carbons (Fsp3) is 0.412. The second-order valence-electron chi connectivity index (χ2n) is 6.80. The van der Waals surface area contributed by atoms with Gasteiger partial charge in [-0.15, -0.1) is 0 Å². The van der Waals surface area contributed by atoms with E-state index < -0.39 is 20.8 Å². The van der Waals surface area contributed by atoms with Gasteiger partial charge in [-0.3, -0.25) is 23.1 Å². The molecule has 1 aromatic carbocycles. The van der Waals surface area contributed by atoms with Crippen molar-refractivity contribution in [2.45, 2.75) is 18.9 Å². The molecule has 0 saturated heterocycles. The van der Waals surface area contributed by atoms with Crippen LogP contribution in [0, 0.1) is 0 Å². The number of fused-ring (bicyclic) bond motifs is 2. The minimum Gasteiger partial charge on any atom is -0.493 e. The van der Waals surface area contributed by atoms with Gasteiger partial charge in [-0.2, -0.15) is 16.8 Å². The summed E-state index contributed by atoms with van der Waals surface area (Å²) in [5, 5.41) is 0. The van der Waals surface area contributed by atoms with E-state index in [0.717, 1.165) is 30.9 Å². The number of hydrogen-bond acceptors (Lipinski definition) is 7. The Labute approximate surface area is 180 Å². The predicted molar refractivity (Wildman–Crippen MR) is 110 cm³/mol. The summed E-state index contributed by atoms with van der Waals surface area (Å²) in [5.41, 5.74) is 6.66. The number of H-pyrrole nitrogens is 1. The SMILES string of the molecule is COc1cc2c3c(c1OC)-c1c[nH]cc1CC3N(C)CC2.O=S(=O)(O)O.O=S(=O)(O)O. The number of nitrogens with one attached hydrogen (secondary N) is 1. The highest BCUT2D eigenvalue weighted by atomic mass is 32.3. The summed E-state index contributed by atoms with van der Waals surface area (Å²) in [6.45, 7) is 1.09. The van der Waals surface area contributed by atoms with Crippen LogP contribution in [0.4, 0.5) is 0 Å². The molecule has 1 aliphatic heterocycles. The lowest BCUT2D eigenvalue weighted by atomic mass is 9.78. The molecule has 14 heteroatoms. The molecule has 0 amide bonds. The third-order valence-corrected chi connectivity index (χ3v) is 4.91. The largest absolute Gasteiger partial charge is 0.493 e. The van der Waals surface area contributed by atoms with Crippen molar-refractivity contribution >= 4 is 20.8 Å². The Morgan fingerprint density at radius 3 is 2.10 bits per heavy atom. The first kappa shape index (κ1) is 25.1. The molecule has 0 radical (unpaired) electrons. The number of likely N-dealkylation sites (N-methyl/N-ethyl adjacent to an activating group) is 1. The van der Waals surface area contributed by atoms with Crippen LogP contribution < -0.4 is 9.47 Å². The van der Waals surface area contributed by atoms with Crippen LogP contribution in [0.2, 0.25) is 0 Å². The molecule has 2 aliphatic rings. The van der Waals surface area contributed by atoms with Crippen molar-refractivity contribution in [1.29, 1.82) is 0 Å². The lowest BCUT2D eigenvalue weighted by molar-refractivity contribution is 0.227. The molecule has 1 aromatic heterocycles. The number of aromatic amines is 1. The first-order chi connectivity index (χ1) is 14.2. The number of benzene rings is 1. The number of hydrogen-bond donors (Lipinski definition) is 5. The van der Waals surface area contributed by atoms with Gasteiger partial charge in [0.15, 0.2) is 11.5 Å². The standard InChI is InChI=1S/C17H20N2O2.2H2O4S/c1-19-5-4-10-7-14(20-2)17(21-3)16-12-9-18-8-11(12)6-13(19)15(10)16;2*1-5(2,3)4/h7-9,13,18H,4-6H2,1-3H3;2*(H2,1,2,3,4). The van der Waals surface area contributed by atoms with Crippen LogP contribution in [0.1, 0.15) is 22.7 Å². The molecule has 2 heterocycles. The Hall–Kier alpha value is -2.20. The molecular formula is C17H24N2O10S2. The smallest absolute Gasteiger partial charge is 0.394 e. The van der Waals surface area contributed by atoms with E-state index in [0.29, 0.717) is 6.04 Å². The fourth-order valence-electron chi connectivity index (χ4n) is 3.85. The second-order valence-corrected chi connectivity index (χ2v) is 8.59. The third kappa shape index (κ3) is 6.64. The van der Waals surface area contributed by atoms with E-state index >= 15 is 0 Å². The molecule has 1 unspecified atom stereocenters. The highest BCUT2D eigenvalue weighted by Gasteiger charge is 2.36. The molecule has 2 aromatic rings. The molecule has 12 nitrogen and oxygen atoms in total. The Kier molecular flexibility index (Phi) is 7.70. The van der Waals surface area contributed by atoms with E-state index in [4.69, 9.17) is 44.5 Å². The summed E-state index contributed by atoms with van der Waals surface area (Å²) < 4.78 is 74.5. The molecule has 0 spiro atoms. The number of aromatic nitrogens is 1. The predicted octanol–water partition coefficient (Wildman–Crippen LogP) is 1.48. The number of ether oxygens (including phenoxy) is 2. The van der Waals surface area contributed by atoms with Gasteiger partial charge in [-0.1, -0.05) is 0 Å². The van der Waals surface area contributed by atoms with Gasteiger partial charge < -0.3 is 14.5 Å². The Morgan fingerprint density at radius 2 is 1.58 bits per heavy atom. The maximum atomic E-state index is 8.74. The molecule has 0 saturated carbocycles. The summed E-state index contributed by atoms with van der Waals surface area (Å²) >= 11 is 0. The van der Waals surface area contributed by atoms with Crippen molar-refractivity contribution in [3.05, 3.63) is 35.2 Å². The van der Waals surface area contributed by atoms with Crippen LogP contribution in [0.25, 0.3) is 11.1 Å². The van der Waals surface area contributed by atoms with Crippen LogP contribution in [0.15, 0.2) is 18.5 Å². The molecule has 31 heavy (non-hydrogen) atoms. The lowest BCUT2D eigenvalue weighted by Gasteiger charge is -2.39. The summed E-state index contributed by atoms with van der Waals surface area (Å²) in [7, 11) is -3.68.